The first-order valence-corrected chi connectivity index (χ1v) is 5.78. The van der Waals surface area contributed by atoms with E-state index < -0.39 is 7.82 Å². The van der Waals surface area contributed by atoms with E-state index in [0.29, 0.717) is 0 Å². The number of hydrogen-bond acceptors (Lipinski definition) is 4. The Hall–Kier alpha value is 0.707. The van der Waals surface area contributed by atoms with Crippen molar-refractivity contribution < 1.29 is 37.0 Å². The Bertz CT molecular complexity index is 170. The normalized spacial score (nSPS) is 11.9. The summed E-state index contributed by atoms with van der Waals surface area (Å²) in [6.07, 6.45) is -0.380. The van der Waals surface area contributed by atoms with Crippen LogP contribution in [-0.4, -0.2) is 12.2 Å². The van der Waals surface area contributed by atoms with Crippen molar-refractivity contribution in [3.8, 4) is 0 Å². The Morgan fingerprint density at radius 3 is 1.64 bits per heavy atom. The van der Waals surface area contributed by atoms with Gasteiger partial charge in [-0.1, -0.05) is 0 Å². The van der Waals surface area contributed by atoms with Crippen LogP contribution in [0.4, 0.5) is 0 Å². The molecule has 0 saturated heterocycles. The van der Waals surface area contributed by atoms with Crippen LogP contribution in [0.2, 0.25) is 0 Å². The molecule has 80 valence electrons. The first kappa shape index (κ1) is 17.1. The molecule has 0 spiro atoms. The average Bonchev–Trinajstić information content (AvgIpc) is 1.81. The van der Waals surface area contributed by atoms with Gasteiger partial charge >= 0.3 is 26.7 Å². The van der Waals surface area contributed by atoms with Crippen molar-refractivity contribution in [3.05, 3.63) is 6.61 Å². The van der Waals surface area contributed by atoms with Gasteiger partial charge in [0.1, 0.15) is 0 Å². The molecule has 0 aromatic heterocycles. The van der Waals surface area contributed by atoms with E-state index in [2.05, 4.69) is 0 Å². The van der Waals surface area contributed by atoms with Gasteiger partial charge in [0.25, 0.3) is 0 Å². The third-order valence-electron chi connectivity index (χ3n) is 0.914. The summed E-state index contributed by atoms with van der Waals surface area (Å²) < 4.78 is 26.7. The van der Waals surface area contributed by atoms with E-state index in [1.807, 2.05) is 0 Å². The molecule has 0 saturated carbocycles. The number of phosphoric ester groups is 1. The van der Waals surface area contributed by atoms with E-state index in [-0.39, 0.29) is 31.1 Å². The Balaban J connectivity index is 0. The predicted molar refractivity (Wildman–Crippen MR) is 51.1 cm³/mol. The molecule has 0 radical (unpaired) electrons. The molecule has 0 N–H and O–H groups in total. The van der Waals surface area contributed by atoms with Gasteiger partial charge in [0.2, 0.25) is 0 Å². The minimum Gasteiger partial charge on any atom is -0.464 e. The van der Waals surface area contributed by atoms with Crippen LogP contribution in [0.25, 0.3) is 0 Å². The molecule has 0 amide bonds. The van der Waals surface area contributed by atoms with Gasteiger partial charge < -0.3 is 4.52 Å². The van der Waals surface area contributed by atoms with E-state index in [9.17, 15) is 4.57 Å². The first-order chi connectivity index (χ1) is 5.89. The van der Waals surface area contributed by atoms with Crippen molar-refractivity contribution >= 4 is 7.82 Å². The second-order valence-electron chi connectivity index (χ2n) is 3.10. The van der Waals surface area contributed by atoms with Crippen molar-refractivity contribution in [1.29, 1.82) is 0 Å². The third kappa shape index (κ3) is 8.05. The maximum absolute atomic E-state index is 11.7. The largest absolute Gasteiger partial charge is 1.00 e. The third-order valence-corrected chi connectivity index (χ3v) is 2.74. The summed E-state index contributed by atoms with van der Waals surface area (Å²) in [6, 6.07) is 0. The van der Waals surface area contributed by atoms with Gasteiger partial charge in [-0.15, -0.1) is 0 Å². The van der Waals surface area contributed by atoms with E-state index in [1.165, 1.54) is 6.61 Å². The molecule has 0 aliphatic carbocycles. The summed E-state index contributed by atoms with van der Waals surface area (Å²) >= 11 is 0. The van der Waals surface area contributed by atoms with Gasteiger partial charge in [-0.25, -0.2) is 11.2 Å². The van der Waals surface area contributed by atoms with Gasteiger partial charge in [0.15, 0.2) is 0 Å². The standard InChI is InChI=1S/C8H18O4P.Li/c1-6-10-13(9,11-7(2)3)12-8(4)5;/h6-8H,1-5H3;/q-1;+1. The first-order valence-electron chi connectivity index (χ1n) is 4.32. The van der Waals surface area contributed by atoms with Gasteiger partial charge in [-0.05, 0) is 27.7 Å². The zero-order chi connectivity index (χ0) is 10.5. The Kier molecular flexibility index (Phi) is 9.69. The van der Waals surface area contributed by atoms with Crippen LogP contribution in [-0.2, 0) is 18.1 Å². The number of rotatable bonds is 6. The summed E-state index contributed by atoms with van der Waals surface area (Å²) in [4.78, 5) is 0. The molecule has 0 unspecified atom stereocenters. The second kappa shape index (κ2) is 7.93. The van der Waals surface area contributed by atoms with E-state index in [0.717, 1.165) is 0 Å². The predicted octanol–water partition coefficient (Wildman–Crippen LogP) is 0.147. The second-order valence-corrected chi connectivity index (χ2v) is 4.62. The SMILES string of the molecule is C[CH-]OP(=O)(OC(C)C)OC(C)C.[Li+]. The molecule has 0 bridgehead atoms. The molecule has 0 aliphatic rings. The zero-order valence-corrected chi connectivity index (χ0v) is 10.7. The topological polar surface area (TPSA) is 44.8 Å². The smallest absolute Gasteiger partial charge is 0.464 e. The molecule has 0 fully saturated rings. The van der Waals surface area contributed by atoms with Crippen LogP contribution in [0.15, 0.2) is 0 Å². The maximum Gasteiger partial charge on any atom is 1.00 e. The van der Waals surface area contributed by atoms with Crippen LogP contribution in [0.3, 0.4) is 0 Å². The van der Waals surface area contributed by atoms with Crippen LogP contribution >= 0.6 is 7.82 Å². The van der Waals surface area contributed by atoms with Gasteiger partial charge in [0.05, 0.1) is 12.2 Å². The van der Waals surface area contributed by atoms with Crippen molar-refractivity contribution in [2.45, 2.75) is 46.8 Å². The molecular formula is C8H18LiO4P. The Labute approximate surface area is 98.5 Å². The average molecular weight is 216 g/mol. The van der Waals surface area contributed by atoms with Gasteiger partial charge in [-0.3, -0.25) is 9.05 Å². The van der Waals surface area contributed by atoms with E-state index in [4.69, 9.17) is 13.6 Å². The molecule has 0 atom stereocenters. The van der Waals surface area contributed by atoms with Crippen molar-refractivity contribution in [2.75, 3.05) is 0 Å². The minimum absolute atomic E-state index is 0. The van der Waals surface area contributed by atoms with Crippen LogP contribution in [0.1, 0.15) is 34.6 Å². The summed E-state index contributed by atoms with van der Waals surface area (Å²) in [5.41, 5.74) is 0. The Morgan fingerprint density at radius 2 is 1.43 bits per heavy atom. The summed E-state index contributed by atoms with van der Waals surface area (Å²) in [7, 11) is -3.39. The van der Waals surface area contributed by atoms with Crippen LogP contribution in [0, 0.1) is 6.61 Å². The number of phosphoric acid groups is 1. The molecule has 0 rings (SSSR count). The molecular weight excluding hydrogens is 198 g/mol. The summed E-state index contributed by atoms with van der Waals surface area (Å²) in [5.74, 6) is 0. The van der Waals surface area contributed by atoms with E-state index >= 15 is 0 Å². The fourth-order valence-electron chi connectivity index (χ4n) is 0.720. The fourth-order valence-corrected chi connectivity index (χ4v) is 2.16. The van der Waals surface area contributed by atoms with Gasteiger partial charge in [-0.2, -0.15) is 6.92 Å². The molecule has 14 heavy (non-hydrogen) atoms. The number of hydrogen-bond donors (Lipinski definition) is 0. The zero-order valence-electron chi connectivity index (χ0n) is 9.81. The van der Waals surface area contributed by atoms with Crippen molar-refractivity contribution in [1.82, 2.24) is 0 Å². The fraction of sp³-hybridized carbons (Fsp3) is 0.875. The maximum atomic E-state index is 11.7. The van der Waals surface area contributed by atoms with Crippen molar-refractivity contribution in [3.63, 3.8) is 0 Å². The Morgan fingerprint density at radius 1 is 1.07 bits per heavy atom. The molecule has 0 aromatic carbocycles. The molecule has 0 aliphatic heterocycles. The van der Waals surface area contributed by atoms with E-state index in [1.54, 1.807) is 34.6 Å². The molecule has 0 aromatic rings. The van der Waals surface area contributed by atoms with Crippen LogP contribution in [0.5, 0.6) is 0 Å². The van der Waals surface area contributed by atoms with Crippen molar-refractivity contribution in [2.24, 2.45) is 0 Å². The minimum atomic E-state index is -3.39. The molecule has 4 nitrogen and oxygen atoms in total. The van der Waals surface area contributed by atoms with Gasteiger partial charge in [0, 0.05) is 0 Å². The molecule has 0 heterocycles. The quantitative estimate of drug-likeness (QED) is 0.360. The molecule has 6 heteroatoms. The monoisotopic (exact) mass is 216 g/mol. The summed E-state index contributed by atoms with van der Waals surface area (Å²) in [6.45, 7) is 10.0. The van der Waals surface area contributed by atoms with Crippen LogP contribution < -0.4 is 18.9 Å². The summed E-state index contributed by atoms with van der Waals surface area (Å²) in [5, 5.41) is 0.